The molecule has 0 radical (unpaired) electrons. The maximum absolute atomic E-state index is 11.2. The van der Waals surface area contributed by atoms with Gasteiger partial charge in [0.05, 0.1) is 12.7 Å². The molecule has 0 spiro atoms. The van der Waals surface area contributed by atoms with E-state index >= 15 is 0 Å². The van der Waals surface area contributed by atoms with Crippen molar-refractivity contribution in [1.29, 1.82) is 5.26 Å². The smallest absolute Gasteiger partial charge is 0.134 e. The van der Waals surface area contributed by atoms with Gasteiger partial charge in [-0.25, -0.2) is 0 Å². The summed E-state index contributed by atoms with van der Waals surface area (Å²) in [5, 5.41) is 8.56. The van der Waals surface area contributed by atoms with Crippen LogP contribution in [0.1, 0.15) is 25.7 Å². The molecule has 1 fully saturated rings. The average Bonchev–Trinajstić information content (AvgIpc) is 2.65. The summed E-state index contributed by atoms with van der Waals surface area (Å²) in [5.74, 6) is 0.347. The molecule has 4 nitrogen and oxygen atoms in total. The largest absolute Gasteiger partial charge is 0.383 e. The molecular formula is C11H18N2O2. The molecule has 1 rings (SSSR count). The highest BCUT2D eigenvalue weighted by Gasteiger charge is 2.26. The number of methoxy groups -OCH3 is 1. The minimum atomic E-state index is 0.334. The SMILES string of the molecule is COCCN(CCC#N)C1CCC(=O)C1. The molecular weight excluding hydrogens is 192 g/mol. The van der Waals surface area contributed by atoms with Gasteiger partial charge in [0.1, 0.15) is 5.78 Å². The Balaban J connectivity index is 2.40. The molecule has 84 valence electrons. The Kier molecular flexibility index (Phi) is 5.30. The van der Waals surface area contributed by atoms with Crippen molar-refractivity contribution in [1.82, 2.24) is 4.90 Å². The van der Waals surface area contributed by atoms with Crippen molar-refractivity contribution in [3.05, 3.63) is 0 Å². The fourth-order valence-corrected chi connectivity index (χ4v) is 1.99. The van der Waals surface area contributed by atoms with E-state index in [1.54, 1.807) is 7.11 Å². The second-order valence-corrected chi connectivity index (χ2v) is 3.87. The van der Waals surface area contributed by atoms with Crippen LogP contribution in [0.2, 0.25) is 0 Å². The molecule has 0 aromatic heterocycles. The van der Waals surface area contributed by atoms with Crippen molar-refractivity contribution in [2.45, 2.75) is 31.7 Å². The number of carbonyl (C=O) groups excluding carboxylic acids is 1. The first-order valence-corrected chi connectivity index (χ1v) is 5.39. The summed E-state index contributed by atoms with van der Waals surface area (Å²) < 4.78 is 5.03. The quantitative estimate of drug-likeness (QED) is 0.655. The monoisotopic (exact) mass is 210 g/mol. The van der Waals surface area contributed by atoms with E-state index in [2.05, 4.69) is 11.0 Å². The highest BCUT2D eigenvalue weighted by Crippen LogP contribution is 2.20. The van der Waals surface area contributed by atoms with Crippen molar-refractivity contribution in [2.24, 2.45) is 0 Å². The van der Waals surface area contributed by atoms with Crippen LogP contribution in [0, 0.1) is 11.3 Å². The van der Waals surface area contributed by atoms with Crippen LogP contribution in [-0.2, 0) is 9.53 Å². The van der Waals surface area contributed by atoms with Crippen molar-refractivity contribution >= 4 is 5.78 Å². The van der Waals surface area contributed by atoms with Gasteiger partial charge in [-0.1, -0.05) is 0 Å². The fourth-order valence-electron chi connectivity index (χ4n) is 1.99. The summed E-state index contributed by atoms with van der Waals surface area (Å²) in [7, 11) is 1.67. The minimum Gasteiger partial charge on any atom is -0.383 e. The number of ketones is 1. The highest BCUT2D eigenvalue weighted by atomic mass is 16.5. The number of hydrogen-bond donors (Lipinski definition) is 0. The number of rotatable bonds is 6. The Labute approximate surface area is 90.8 Å². The third kappa shape index (κ3) is 3.98. The molecule has 0 amide bonds. The highest BCUT2D eigenvalue weighted by molar-refractivity contribution is 5.81. The number of Topliss-reactive ketones (excluding diaryl/α,β-unsaturated/α-hetero) is 1. The predicted octanol–water partition coefficient (Wildman–Crippen LogP) is 0.970. The topological polar surface area (TPSA) is 53.3 Å². The molecule has 0 bridgehead atoms. The number of nitrogens with zero attached hydrogens (tertiary/aromatic N) is 2. The molecule has 15 heavy (non-hydrogen) atoms. The first kappa shape index (κ1) is 12.2. The number of carbonyl (C=O) groups is 1. The summed E-state index contributed by atoms with van der Waals surface area (Å²) in [6, 6.07) is 2.48. The van der Waals surface area contributed by atoms with Gasteiger partial charge in [0.2, 0.25) is 0 Å². The summed E-state index contributed by atoms with van der Waals surface area (Å²) in [6.07, 6.45) is 2.80. The van der Waals surface area contributed by atoms with Crippen LogP contribution >= 0.6 is 0 Å². The van der Waals surface area contributed by atoms with Gasteiger partial charge in [-0.3, -0.25) is 9.69 Å². The first-order chi connectivity index (χ1) is 7.27. The predicted molar refractivity (Wildman–Crippen MR) is 56.3 cm³/mol. The Morgan fingerprint density at radius 3 is 2.93 bits per heavy atom. The van der Waals surface area contributed by atoms with E-state index in [1.165, 1.54) is 0 Å². The molecule has 1 atom stereocenters. The van der Waals surface area contributed by atoms with Gasteiger partial charge in [0, 0.05) is 45.5 Å². The van der Waals surface area contributed by atoms with Gasteiger partial charge < -0.3 is 4.74 Å². The van der Waals surface area contributed by atoms with E-state index in [4.69, 9.17) is 10.00 Å². The van der Waals surface area contributed by atoms with E-state index in [9.17, 15) is 4.79 Å². The Bertz CT molecular complexity index is 247. The van der Waals surface area contributed by atoms with Gasteiger partial charge in [-0.15, -0.1) is 0 Å². The van der Waals surface area contributed by atoms with Gasteiger partial charge in [0.15, 0.2) is 0 Å². The molecule has 1 aliphatic rings. The van der Waals surface area contributed by atoms with E-state index in [1.807, 2.05) is 0 Å². The number of nitriles is 1. The third-order valence-electron chi connectivity index (χ3n) is 2.83. The fraction of sp³-hybridized carbons (Fsp3) is 0.818. The molecule has 1 unspecified atom stereocenters. The van der Waals surface area contributed by atoms with Gasteiger partial charge in [-0.2, -0.15) is 5.26 Å². The van der Waals surface area contributed by atoms with Gasteiger partial charge in [-0.05, 0) is 6.42 Å². The lowest BCUT2D eigenvalue weighted by Gasteiger charge is -2.26. The van der Waals surface area contributed by atoms with Crippen LogP contribution in [0.3, 0.4) is 0 Å². The third-order valence-corrected chi connectivity index (χ3v) is 2.83. The molecule has 0 aromatic rings. The second kappa shape index (κ2) is 6.54. The molecule has 0 N–H and O–H groups in total. The van der Waals surface area contributed by atoms with Crippen LogP contribution in [0.4, 0.5) is 0 Å². The van der Waals surface area contributed by atoms with E-state index < -0.39 is 0 Å². The normalized spacial score (nSPS) is 20.9. The van der Waals surface area contributed by atoms with Crippen molar-refractivity contribution in [3.63, 3.8) is 0 Å². The minimum absolute atomic E-state index is 0.334. The van der Waals surface area contributed by atoms with Crippen molar-refractivity contribution in [3.8, 4) is 6.07 Å². The van der Waals surface area contributed by atoms with Crippen molar-refractivity contribution < 1.29 is 9.53 Å². The van der Waals surface area contributed by atoms with Crippen LogP contribution < -0.4 is 0 Å². The maximum atomic E-state index is 11.2. The zero-order chi connectivity index (χ0) is 11.1. The molecule has 1 saturated carbocycles. The molecule has 0 aromatic carbocycles. The molecule has 0 aliphatic heterocycles. The van der Waals surface area contributed by atoms with Crippen molar-refractivity contribution in [2.75, 3.05) is 26.8 Å². The van der Waals surface area contributed by atoms with Crippen LogP contribution in [0.25, 0.3) is 0 Å². The summed E-state index contributed by atoms with van der Waals surface area (Å²) >= 11 is 0. The van der Waals surface area contributed by atoms with E-state index in [0.717, 1.165) is 19.5 Å². The standard InChI is InChI=1S/C11H18N2O2/c1-15-8-7-13(6-2-5-12)10-3-4-11(14)9-10/h10H,2-4,6-9H2,1H3. The molecule has 0 heterocycles. The van der Waals surface area contributed by atoms with Gasteiger partial charge >= 0.3 is 0 Å². The lowest BCUT2D eigenvalue weighted by molar-refractivity contribution is -0.117. The maximum Gasteiger partial charge on any atom is 0.134 e. The van der Waals surface area contributed by atoms with Gasteiger partial charge in [0.25, 0.3) is 0 Å². The molecule has 0 saturated heterocycles. The first-order valence-electron chi connectivity index (χ1n) is 5.39. The Morgan fingerprint density at radius 1 is 1.60 bits per heavy atom. The Hall–Kier alpha value is -0.920. The van der Waals surface area contributed by atoms with Crippen LogP contribution in [-0.4, -0.2) is 43.5 Å². The summed E-state index contributed by atoms with van der Waals surface area (Å²) in [6.45, 7) is 2.23. The zero-order valence-electron chi connectivity index (χ0n) is 9.24. The molecule has 4 heteroatoms. The van der Waals surface area contributed by atoms with E-state index in [-0.39, 0.29) is 0 Å². The average molecular weight is 210 g/mol. The second-order valence-electron chi connectivity index (χ2n) is 3.87. The Morgan fingerprint density at radius 2 is 2.40 bits per heavy atom. The molecule has 1 aliphatic carbocycles. The summed E-state index contributed by atoms with van der Waals surface area (Å²) in [4.78, 5) is 13.4. The lowest BCUT2D eigenvalue weighted by atomic mass is 10.2. The summed E-state index contributed by atoms with van der Waals surface area (Å²) in [5.41, 5.74) is 0. The number of hydrogen-bond acceptors (Lipinski definition) is 4. The number of ether oxygens (including phenoxy) is 1. The van der Waals surface area contributed by atoms with Crippen LogP contribution in [0.5, 0.6) is 0 Å². The van der Waals surface area contributed by atoms with E-state index in [0.29, 0.717) is 37.7 Å². The lowest BCUT2D eigenvalue weighted by Crippen LogP contribution is -2.36. The zero-order valence-corrected chi connectivity index (χ0v) is 9.24. The van der Waals surface area contributed by atoms with Crippen LogP contribution in [0.15, 0.2) is 0 Å².